The minimum Gasteiger partial charge on any atom is -0.480 e. The average molecular weight is 259 g/mol. The SMILES string of the molecule is CN1CCN(C(C)(C)C(=O)O)CC1.Cl.Cl. The third-order valence-electron chi connectivity index (χ3n) is 2.82. The van der Waals surface area contributed by atoms with Crippen LogP contribution in [-0.4, -0.2) is 59.6 Å². The summed E-state index contributed by atoms with van der Waals surface area (Å²) in [5, 5.41) is 9.00. The zero-order valence-corrected chi connectivity index (χ0v) is 11.0. The molecule has 6 heteroatoms. The Bertz CT molecular complexity index is 204. The lowest BCUT2D eigenvalue weighted by Gasteiger charge is -2.40. The summed E-state index contributed by atoms with van der Waals surface area (Å²) >= 11 is 0. The molecule has 0 amide bonds. The smallest absolute Gasteiger partial charge is 0.323 e. The van der Waals surface area contributed by atoms with E-state index in [1.807, 2.05) is 4.90 Å². The molecule has 0 radical (unpaired) electrons. The second kappa shape index (κ2) is 6.53. The van der Waals surface area contributed by atoms with Crippen molar-refractivity contribution in [2.75, 3.05) is 33.2 Å². The number of hydrogen-bond donors (Lipinski definition) is 1. The zero-order chi connectivity index (χ0) is 10.1. The highest BCUT2D eigenvalue weighted by molar-refractivity contribution is 5.85. The molecule has 0 aromatic heterocycles. The molecule has 0 bridgehead atoms. The fourth-order valence-corrected chi connectivity index (χ4v) is 1.50. The Morgan fingerprint density at radius 1 is 1.13 bits per heavy atom. The lowest BCUT2D eigenvalue weighted by atomic mass is 10.0. The van der Waals surface area contributed by atoms with Gasteiger partial charge in [0.15, 0.2) is 0 Å². The Balaban J connectivity index is 0. The standard InChI is InChI=1S/C9H18N2O2.2ClH/c1-9(2,8(12)13)11-6-4-10(3)5-7-11;;/h4-7H2,1-3H3,(H,12,13);2*1H. The van der Waals surface area contributed by atoms with Crippen molar-refractivity contribution < 1.29 is 9.90 Å². The summed E-state index contributed by atoms with van der Waals surface area (Å²) in [5.74, 6) is -0.739. The molecule has 1 fully saturated rings. The summed E-state index contributed by atoms with van der Waals surface area (Å²) in [6.07, 6.45) is 0. The van der Waals surface area contributed by atoms with E-state index >= 15 is 0 Å². The number of nitrogens with zero attached hydrogens (tertiary/aromatic N) is 2. The van der Waals surface area contributed by atoms with Crippen molar-refractivity contribution in [2.45, 2.75) is 19.4 Å². The Labute approximate surface area is 103 Å². The molecule has 0 unspecified atom stereocenters. The van der Waals surface area contributed by atoms with E-state index < -0.39 is 11.5 Å². The molecule has 0 atom stereocenters. The van der Waals surface area contributed by atoms with Gasteiger partial charge in [0.05, 0.1) is 0 Å². The maximum absolute atomic E-state index is 10.9. The number of carboxylic acids is 1. The predicted molar refractivity (Wildman–Crippen MR) is 65.3 cm³/mol. The molecule has 15 heavy (non-hydrogen) atoms. The topological polar surface area (TPSA) is 43.8 Å². The summed E-state index contributed by atoms with van der Waals surface area (Å²) < 4.78 is 0. The molecular weight excluding hydrogens is 239 g/mol. The minimum atomic E-state index is -0.739. The Morgan fingerprint density at radius 2 is 1.53 bits per heavy atom. The van der Waals surface area contributed by atoms with Gasteiger partial charge in [-0.2, -0.15) is 0 Å². The quantitative estimate of drug-likeness (QED) is 0.801. The molecule has 0 aliphatic carbocycles. The van der Waals surface area contributed by atoms with Gasteiger partial charge in [0.2, 0.25) is 0 Å². The van der Waals surface area contributed by atoms with Gasteiger partial charge in [0.1, 0.15) is 5.54 Å². The molecule has 1 rings (SSSR count). The normalized spacial score (nSPS) is 18.9. The zero-order valence-electron chi connectivity index (χ0n) is 9.39. The molecule has 92 valence electrons. The molecule has 1 saturated heterocycles. The number of rotatable bonds is 2. The summed E-state index contributed by atoms with van der Waals surface area (Å²) in [5.41, 5.74) is -0.721. The molecule has 4 nitrogen and oxygen atoms in total. The van der Waals surface area contributed by atoms with Gasteiger partial charge in [0, 0.05) is 26.2 Å². The van der Waals surface area contributed by atoms with Crippen LogP contribution >= 0.6 is 24.8 Å². The minimum absolute atomic E-state index is 0. The van der Waals surface area contributed by atoms with E-state index in [0.717, 1.165) is 26.2 Å². The fourth-order valence-electron chi connectivity index (χ4n) is 1.50. The first-order valence-electron chi connectivity index (χ1n) is 4.61. The van der Waals surface area contributed by atoms with Gasteiger partial charge in [-0.05, 0) is 20.9 Å². The van der Waals surface area contributed by atoms with E-state index in [1.165, 1.54) is 0 Å². The van der Waals surface area contributed by atoms with Gasteiger partial charge in [-0.25, -0.2) is 0 Å². The Kier molecular flexibility index (Phi) is 7.56. The van der Waals surface area contributed by atoms with Crippen LogP contribution in [0, 0.1) is 0 Å². The van der Waals surface area contributed by atoms with Crippen molar-refractivity contribution in [1.82, 2.24) is 9.80 Å². The lowest BCUT2D eigenvalue weighted by molar-refractivity contribution is -0.150. The van der Waals surface area contributed by atoms with Gasteiger partial charge in [0.25, 0.3) is 0 Å². The van der Waals surface area contributed by atoms with Crippen molar-refractivity contribution in [2.24, 2.45) is 0 Å². The number of piperazine rings is 1. The van der Waals surface area contributed by atoms with E-state index in [4.69, 9.17) is 5.11 Å². The average Bonchev–Trinajstić information content (AvgIpc) is 2.04. The number of hydrogen-bond acceptors (Lipinski definition) is 3. The predicted octanol–water partition coefficient (Wildman–Crippen LogP) is 0.941. The maximum atomic E-state index is 10.9. The van der Waals surface area contributed by atoms with E-state index in [9.17, 15) is 4.79 Å². The van der Waals surface area contributed by atoms with Crippen LogP contribution in [0.4, 0.5) is 0 Å². The number of carbonyl (C=O) groups is 1. The van der Waals surface area contributed by atoms with Crippen LogP contribution in [0.3, 0.4) is 0 Å². The second-order valence-electron chi connectivity index (χ2n) is 4.15. The van der Waals surface area contributed by atoms with E-state index in [-0.39, 0.29) is 24.8 Å². The van der Waals surface area contributed by atoms with Gasteiger partial charge in [-0.3, -0.25) is 9.69 Å². The highest BCUT2D eigenvalue weighted by atomic mass is 35.5. The van der Waals surface area contributed by atoms with Crippen molar-refractivity contribution in [3.05, 3.63) is 0 Å². The summed E-state index contributed by atoms with van der Waals surface area (Å²) in [7, 11) is 2.06. The Morgan fingerprint density at radius 3 is 1.87 bits per heavy atom. The lowest BCUT2D eigenvalue weighted by Crippen LogP contribution is -2.57. The van der Waals surface area contributed by atoms with Crippen LogP contribution in [0.1, 0.15) is 13.8 Å². The third kappa shape index (κ3) is 4.15. The van der Waals surface area contributed by atoms with Crippen LogP contribution in [0.2, 0.25) is 0 Å². The van der Waals surface area contributed by atoms with Crippen molar-refractivity contribution >= 4 is 30.8 Å². The summed E-state index contributed by atoms with van der Waals surface area (Å²) in [6, 6.07) is 0. The van der Waals surface area contributed by atoms with Crippen molar-refractivity contribution in [1.29, 1.82) is 0 Å². The molecule has 0 aromatic rings. The monoisotopic (exact) mass is 258 g/mol. The van der Waals surface area contributed by atoms with Crippen LogP contribution in [0.5, 0.6) is 0 Å². The second-order valence-corrected chi connectivity index (χ2v) is 4.15. The van der Waals surface area contributed by atoms with Crippen molar-refractivity contribution in [3.8, 4) is 0 Å². The third-order valence-corrected chi connectivity index (χ3v) is 2.82. The van der Waals surface area contributed by atoms with Crippen LogP contribution < -0.4 is 0 Å². The van der Waals surface area contributed by atoms with E-state index in [2.05, 4.69) is 11.9 Å². The van der Waals surface area contributed by atoms with Crippen LogP contribution in [0.15, 0.2) is 0 Å². The number of halogens is 2. The van der Waals surface area contributed by atoms with Crippen LogP contribution in [-0.2, 0) is 4.79 Å². The first-order chi connectivity index (χ1) is 5.94. The fraction of sp³-hybridized carbons (Fsp3) is 0.889. The van der Waals surface area contributed by atoms with Crippen molar-refractivity contribution in [3.63, 3.8) is 0 Å². The van der Waals surface area contributed by atoms with Crippen LogP contribution in [0.25, 0.3) is 0 Å². The number of likely N-dealkylation sites (N-methyl/N-ethyl adjacent to an activating group) is 1. The molecule has 1 aliphatic heterocycles. The number of aliphatic carboxylic acids is 1. The molecule has 0 saturated carbocycles. The molecule has 1 N–H and O–H groups in total. The Hall–Kier alpha value is -0.0300. The maximum Gasteiger partial charge on any atom is 0.323 e. The summed E-state index contributed by atoms with van der Waals surface area (Å²) in [6.45, 7) is 7.13. The first kappa shape index (κ1) is 17.4. The molecule has 0 aromatic carbocycles. The van der Waals surface area contributed by atoms with E-state index in [1.54, 1.807) is 13.8 Å². The van der Waals surface area contributed by atoms with Gasteiger partial charge >= 0.3 is 5.97 Å². The van der Waals surface area contributed by atoms with Gasteiger partial charge < -0.3 is 10.0 Å². The van der Waals surface area contributed by atoms with E-state index in [0.29, 0.717) is 0 Å². The largest absolute Gasteiger partial charge is 0.480 e. The first-order valence-corrected chi connectivity index (χ1v) is 4.61. The molecule has 0 spiro atoms. The van der Waals surface area contributed by atoms with Gasteiger partial charge in [-0.15, -0.1) is 24.8 Å². The molecule has 1 heterocycles. The highest BCUT2D eigenvalue weighted by Crippen LogP contribution is 2.16. The summed E-state index contributed by atoms with van der Waals surface area (Å²) in [4.78, 5) is 15.2. The highest BCUT2D eigenvalue weighted by Gasteiger charge is 2.35. The molecular formula is C9H20Cl2N2O2. The number of carboxylic acid groups (broad SMARTS) is 1. The van der Waals surface area contributed by atoms with Gasteiger partial charge in [-0.1, -0.05) is 0 Å². The molecule has 1 aliphatic rings.